The van der Waals surface area contributed by atoms with Crippen LogP contribution in [0.15, 0.2) is 58.7 Å². The summed E-state index contributed by atoms with van der Waals surface area (Å²) in [6, 6.07) is 16.9. The Morgan fingerprint density at radius 2 is 1.10 bits per heavy atom. The zero-order valence-corrected chi connectivity index (χ0v) is 11.3. The minimum absolute atomic E-state index is 1.02. The van der Waals surface area contributed by atoms with Gasteiger partial charge in [-0.15, -0.1) is 5.10 Å². The van der Waals surface area contributed by atoms with Crippen molar-refractivity contribution in [1.29, 1.82) is 0 Å². The quantitative estimate of drug-likeness (QED) is 0.578. The fraction of sp³-hybridized carbons (Fsp3) is 0.222. The standard InChI is InChI=1S/C18H16N2/c1-2-8-13(7-1)19-20-18-16-11-5-3-9-14(16)15-10-4-6-12-17(15)18/h3-6,9-12H,1-2,7-8H2. The highest BCUT2D eigenvalue weighted by Gasteiger charge is 2.24. The second-order valence-electron chi connectivity index (χ2n) is 5.41. The molecular weight excluding hydrogens is 244 g/mol. The molecule has 2 nitrogen and oxygen atoms in total. The van der Waals surface area contributed by atoms with Gasteiger partial charge in [0.05, 0.1) is 0 Å². The molecule has 2 heteroatoms. The van der Waals surface area contributed by atoms with Crippen molar-refractivity contribution in [2.75, 3.05) is 0 Å². The van der Waals surface area contributed by atoms with E-state index in [1.165, 1.54) is 40.8 Å². The maximum atomic E-state index is 4.59. The van der Waals surface area contributed by atoms with Crippen molar-refractivity contribution in [3.8, 4) is 11.1 Å². The zero-order chi connectivity index (χ0) is 13.4. The topological polar surface area (TPSA) is 24.7 Å². The van der Waals surface area contributed by atoms with E-state index >= 15 is 0 Å². The van der Waals surface area contributed by atoms with Crippen molar-refractivity contribution in [2.45, 2.75) is 25.7 Å². The molecule has 0 unspecified atom stereocenters. The molecule has 0 saturated heterocycles. The van der Waals surface area contributed by atoms with Crippen molar-refractivity contribution in [2.24, 2.45) is 10.2 Å². The van der Waals surface area contributed by atoms with Gasteiger partial charge in [-0.3, -0.25) is 0 Å². The molecule has 0 aromatic heterocycles. The Bertz CT molecular complexity index is 670. The summed E-state index contributed by atoms with van der Waals surface area (Å²) in [5.41, 5.74) is 7.23. The number of hydrogen-bond acceptors (Lipinski definition) is 2. The first-order valence-corrected chi connectivity index (χ1v) is 7.26. The van der Waals surface area contributed by atoms with Crippen LogP contribution in [0.2, 0.25) is 0 Å². The van der Waals surface area contributed by atoms with Gasteiger partial charge >= 0.3 is 0 Å². The molecule has 98 valence electrons. The Morgan fingerprint density at radius 1 is 0.600 bits per heavy atom. The summed E-state index contributed by atoms with van der Waals surface area (Å²) in [5.74, 6) is 0. The average molecular weight is 260 g/mol. The van der Waals surface area contributed by atoms with Crippen LogP contribution in [0, 0.1) is 0 Å². The van der Waals surface area contributed by atoms with Crippen LogP contribution in [0.5, 0.6) is 0 Å². The molecule has 2 aromatic rings. The van der Waals surface area contributed by atoms with Gasteiger partial charge in [-0.25, -0.2) is 0 Å². The molecule has 0 atom stereocenters. The highest BCUT2D eigenvalue weighted by atomic mass is 15.2. The maximum Gasteiger partial charge on any atom is 0.101 e. The van der Waals surface area contributed by atoms with E-state index in [0.29, 0.717) is 0 Å². The third-order valence-electron chi connectivity index (χ3n) is 4.13. The molecule has 4 rings (SSSR count). The second-order valence-corrected chi connectivity index (χ2v) is 5.41. The molecule has 1 fully saturated rings. The molecular formula is C18H16N2. The number of fused-ring (bicyclic) bond motifs is 3. The van der Waals surface area contributed by atoms with E-state index in [1.807, 2.05) is 0 Å². The van der Waals surface area contributed by atoms with Crippen LogP contribution in [0.4, 0.5) is 0 Å². The smallest absolute Gasteiger partial charge is 0.101 e. The Morgan fingerprint density at radius 3 is 1.65 bits per heavy atom. The van der Waals surface area contributed by atoms with E-state index in [2.05, 4.69) is 58.7 Å². The van der Waals surface area contributed by atoms with Gasteiger partial charge in [0, 0.05) is 16.8 Å². The van der Waals surface area contributed by atoms with E-state index in [1.54, 1.807) is 0 Å². The lowest BCUT2D eigenvalue weighted by molar-refractivity contribution is 0.886. The Kier molecular flexibility index (Phi) is 2.73. The van der Waals surface area contributed by atoms with E-state index in [4.69, 9.17) is 0 Å². The van der Waals surface area contributed by atoms with Crippen LogP contribution < -0.4 is 0 Å². The van der Waals surface area contributed by atoms with Gasteiger partial charge < -0.3 is 0 Å². The first kappa shape index (κ1) is 11.6. The van der Waals surface area contributed by atoms with Crippen molar-refractivity contribution >= 4 is 11.4 Å². The van der Waals surface area contributed by atoms with Crippen molar-refractivity contribution in [1.82, 2.24) is 0 Å². The Balaban J connectivity index is 1.87. The van der Waals surface area contributed by atoms with Gasteiger partial charge in [0.2, 0.25) is 0 Å². The molecule has 0 amide bonds. The van der Waals surface area contributed by atoms with E-state index in [-0.39, 0.29) is 0 Å². The minimum atomic E-state index is 1.02. The van der Waals surface area contributed by atoms with Crippen LogP contribution in [-0.4, -0.2) is 11.4 Å². The molecule has 20 heavy (non-hydrogen) atoms. The SMILES string of the molecule is c1ccc2c(c1)C(=NN=C1CCCC1)c1ccccc1-2. The molecule has 0 radical (unpaired) electrons. The summed E-state index contributed by atoms with van der Waals surface area (Å²) in [5, 5.41) is 9.10. The first-order chi connectivity index (χ1) is 9.93. The molecule has 0 bridgehead atoms. The van der Waals surface area contributed by atoms with Gasteiger partial charge in [0.25, 0.3) is 0 Å². The van der Waals surface area contributed by atoms with Crippen LogP contribution in [0.25, 0.3) is 11.1 Å². The summed E-state index contributed by atoms with van der Waals surface area (Å²) in [7, 11) is 0. The largest absolute Gasteiger partial charge is 0.159 e. The van der Waals surface area contributed by atoms with Crippen molar-refractivity contribution < 1.29 is 0 Å². The van der Waals surface area contributed by atoms with Gasteiger partial charge in [-0.1, -0.05) is 48.5 Å². The van der Waals surface area contributed by atoms with Crippen LogP contribution in [0.3, 0.4) is 0 Å². The second kappa shape index (κ2) is 4.71. The highest BCUT2D eigenvalue weighted by molar-refractivity contribution is 6.24. The maximum absolute atomic E-state index is 4.59. The highest BCUT2D eigenvalue weighted by Crippen LogP contribution is 2.36. The number of hydrogen-bond donors (Lipinski definition) is 0. The van der Waals surface area contributed by atoms with Gasteiger partial charge in [0.1, 0.15) is 5.71 Å². The van der Waals surface area contributed by atoms with Crippen LogP contribution in [0.1, 0.15) is 36.8 Å². The van der Waals surface area contributed by atoms with Crippen LogP contribution >= 0.6 is 0 Å². The summed E-state index contributed by atoms with van der Waals surface area (Å²) in [6.07, 6.45) is 4.74. The predicted molar refractivity (Wildman–Crippen MR) is 83.4 cm³/mol. The molecule has 2 aliphatic rings. The average Bonchev–Trinajstić information content (AvgIpc) is 3.11. The van der Waals surface area contributed by atoms with Crippen LogP contribution in [-0.2, 0) is 0 Å². The molecule has 2 aromatic carbocycles. The normalized spacial score (nSPS) is 16.0. The summed E-state index contributed by atoms with van der Waals surface area (Å²) < 4.78 is 0. The fourth-order valence-electron chi connectivity index (χ4n) is 3.11. The van der Waals surface area contributed by atoms with Gasteiger partial charge in [0.15, 0.2) is 0 Å². The van der Waals surface area contributed by atoms with Gasteiger partial charge in [-0.05, 0) is 36.8 Å². The van der Waals surface area contributed by atoms with E-state index < -0.39 is 0 Å². The molecule has 0 aliphatic heterocycles. The predicted octanol–water partition coefficient (Wildman–Crippen LogP) is 4.43. The monoisotopic (exact) mass is 260 g/mol. The third kappa shape index (κ3) is 1.80. The number of benzene rings is 2. The zero-order valence-electron chi connectivity index (χ0n) is 11.3. The van der Waals surface area contributed by atoms with Crippen molar-refractivity contribution in [3.63, 3.8) is 0 Å². The summed E-state index contributed by atoms with van der Waals surface area (Å²) >= 11 is 0. The Hall–Kier alpha value is -2.22. The molecule has 0 N–H and O–H groups in total. The number of rotatable bonds is 1. The lowest BCUT2D eigenvalue weighted by Gasteiger charge is -1.99. The van der Waals surface area contributed by atoms with E-state index in [0.717, 1.165) is 18.6 Å². The number of nitrogens with zero attached hydrogens (tertiary/aromatic N) is 2. The molecule has 1 saturated carbocycles. The lowest BCUT2D eigenvalue weighted by atomic mass is 10.1. The third-order valence-corrected chi connectivity index (χ3v) is 4.13. The summed E-state index contributed by atoms with van der Waals surface area (Å²) in [6.45, 7) is 0. The molecule has 0 heterocycles. The molecule has 2 aliphatic carbocycles. The Labute approximate surface area is 118 Å². The van der Waals surface area contributed by atoms with E-state index in [9.17, 15) is 0 Å². The van der Waals surface area contributed by atoms with Gasteiger partial charge in [-0.2, -0.15) is 5.10 Å². The first-order valence-electron chi connectivity index (χ1n) is 7.26. The minimum Gasteiger partial charge on any atom is -0.159 e. The fourth-order valence-corrected chi connectivity index (χ4v) is 3.11. The van der Waals surface area contributed by atoms with Crippen molar-refractivity contribution in [3.05, 3.63) is 59.7 Å². The summed E-state index contributed by atoms with van der Waals surface area (Å²) in [4.78, 5) is 0. The lowest BCUT2D eigenvalue weighted by Crippen LogP contribution is -1.98. The molecule has 0 spiro atoms.